The molecular formula is C29H30Cl2N5OP. The minimum absolute atomic E-state index is 0.259. The second-order valence-electron chi connectivity index (χ2n) is 10.1. The van der Waals surface area contributed by atoms with Gasteiger partial charge in [-0.05, 0) is 42.0 Å². The summed E-state index contributed by atoms with van der Waals surface area (Å²) in [6, 6.07) is 24.4. The molecule has 1 fully saturated rings. The summed E-state index contributed by atoms with van der Waals surface area (Å²) in [5, 5.41) is 7.37. The molecule has 3 aliphatic rings. The van der Waals surface area contributed by atoms with Crippen molar-refractivity contribution < 1.29 is 4.74 Å². The van der Waals surface area contributed by atoms with Crippen LogP contribution in [0, 0.1) is 0 Å². The van der Waals surface area contributed by atoms with Crippen molar-refractivity contribution in [1.29, 1.82) is 0 Å². The standard InChI is InChI=1S/C29H30Cl2N5OP/c1-29(2)23-11-7-8-12-26(23)34(3)28(29)27-20-32-36(22-9-5-4-6-10-22)38(27,35-15-17-37-18-16-35)33-25-19-21(30)13-14-24(25)31/h4-14,19-20H,15-18H2,1-3H3. The molecule has 9 heteroatoms. The van der Waals surface area contributed by atoms with E-state index in [4.69, 9.17) is 37.8 Å². The van der Waals surface area contributed by atoms with Crippen molar-refractivity contribution in [2.24, 2.45) is 9.85 Å². The van der Waals surface area contributed by atoms with E-state index in [1.807, 2.05) is 36.5 Å². The molecule has 0 saturated carbocycles. The van der Waals surface area contributed by atoms with Gasteiger partial charge in [0, 0.05) is 42.0 Å². The summed E-state index contributed by atoms with van der Waals surface area (Å²) < 4.78 is 16.0. The molecule has 38 heavy (non-hydrogen) atoms. The summed E-state index contributed by atoms with van der Waals surface area (Å²) in [7, 11) is -0.596. The van der Waals surface area contributed by atoms with Crippen molar-refractivity contribution in [2.45, 2.75) is 19.3 Å². The summed E-state index contributed by atoms with van der Waals surface area (Å²) in [5.41, 5.74) is 5.08. The quantitative estimate of drug-likeness (QED) is 0.300. The van der Waals surface area contributed by atoms with Gasteiger partial charge in [0.05, 0.1) is 41.1 Å². The average Bonchev–Trinajstić information content (AvgIpc) is 3.39. The highest BCUT2D eigenvalue weighted by Gasteiger charge is 2.50. The number of allylic oxidation sites excluding steroid dienone is 2. The Labute approximate surface area is 234 Å². The van der Waals surface area contributed by atoms with Crippen LogP contribution in [-0.4, -0.2) is 44.2 Å². The van der Waals surface area contributed by atoms with Crippen molar-refractivity contribution in [1.82, 2.24) is 4.67 Å². The zero-order chi connectivity index (χ0) is 26.5. The molecule has 3 aliphatic heterocycles. The van der Waals surface area contributed by atoms with Crippen LogP contribution in [0.25, 0.3) is 0 Å². The SMILES string of the molecule is CN1C(=C2C=NN(c3ccccc3)P2(=Nc2cc(Cl)ccc2Cl)N2CCOCC2)C(C)(C)c2ccccc21. The number of hydrazone groups is 1. The van der Waals surface area contributed by atoms with E-state index in [0.717, 1.165) is 24.1 Å². The zero-order valence-corrected chi connectivity index (χ0v) is 24.1. The molecule has 0 aromatic heterocycles. The Morgan fingerprint density at radius 1 is 0.947 bits per heavy atom. The summed E-state index contributed by atoms with van der Waals surface area (Å²) in [4.78, 5) is 2.31. The topological polar surface area (TPSA) is 43.7 Å². The first-order valence-corrected chi connectivity index (χ1v) is 15.1. The molecule has 1 unspecified atom stereocenters. The lowest BCUT2D eigenvalue weighted by molar-refractivity contribution is 0.0743. The molecule has 1 saturated heterocycles. The highest BCUT2D eigenvalue weighted by atomic mass is 35.5. The fourth-order valence-electron chi connectivity index (χ4n) is 5.78. The summed E-state index contributed by atoms with van der Waals surface area (Å²) in [6.07, 6.45) is 2.03. The smallest absolute Gasteiger partial charge is 0.180 e. The second-order valence-corrected chi connectivity index (χ2v) is 13.7. The number of fused-ring (bicyclic) bond motifs is 1. The van der Waals surface area contributed by atoms with Crippen LogP contribution in [0.5, 0.6) is 0 Å². The van der Waals surface area contributed by atoms with E-state index in [0.29, 0.717) is 28.9 Å². The monoisotopic (exact) mass is 565 g/mol. The van der Waals surface area contributed by atoms with Gasteiger partial charge >= 0.3 is 0 Å². The van der Waals surface area contributed by atoms with E-state index in [2.05, 4.69) is 71.6 Å². The van der Waals surface area contributed by atoms with Crippen LogP contribution in [0.2, 0.25) is 10.0 Å². The lowest BCUT2D eigenvalue weighted by Crippen LogP contribution is -2.38. The maximum atomic E-state index is 6.77. The summed E-state index contributed by atoms with van der Waals surface area (Å²) in [6.45, 7) is 7.30. The van der Waals surface area contributed by atoms with Gasteiger partial charge in [0.2, 0.25) is 0 Å². The molecule has 3 aromatic carbocycles. The van der Waals surface area contributed by atoms with Crippen LogP contribution in [-0.2, 0) is 10.2 Å². The molecule has 0 N–H and O–H groups in total. The van der Waals surface area contributed by atoms with E-state index in [-0.39, 0.29) is 5.41 Å². The highest BCUT2D eigenvalue weighted by molar-refractivity contribution is 7.71. The maximum Gasteiger partial charge on any atom is 0.180 e. The van der Waals surface area contributed by atoms with Gasteiger partial charge in [0.1, 0.15) is 0 Å². The number of halogens is 2. The number of para-hydroxylation sites is 2. The maximum absolute atomic E-state index is 6.77. The van der Waals surface area contributed by atoms with Crippen LogP contribution < -0.4 is 9.68 Å². The van der Waals surface area contributed by atoms with Gasteiger partial charge in [-0.1, -0.05) is 73.4 Å². The Morgan fingerprint density at radius 2 is 1.66 bits per heavy atom. The first-order valence-electron chi connectivity index (χ1n) is 12.7. The van der Waals surface area contributed by atoms with Crippen molar-refractivity contribution in [2.75, 3.05) is 43.0 Å². The van der Waals surface area contributed by atoms with Crippen LogP contribution in [0.3, 0.4) is 0 Å². The number of rotatable bonds is 3. The van der Waals surface area contributed by atoms with Crippen molar-refractivity contribution in [3.8, 4) is 0 Å². The first kappa shape index (κ1) is 25.7. The molecule has 6 nitrogen and oxygen atoms in total. The van der Waals surface area contributed by atoms with Gasteiger partial charge in [-0.25, -0.2) is 14.2 Å². The lowest BCUT2D eigenvalue weighted by Gasteiger charge is -2.43. The predicted molar refractivity (Wildman–Crippen MR) is 160 cm³/mol. The van der Waals surface area contributed by atoms with Crippen LogP contribution in [0.15, 0.2) is 93.7 Å². The number of likely N-dealkylation sites (N-methyl/N-ethyl adjacent to an activating group) is 1. The third-order valence-corrected chi connectivity index (χ3v) is 11.6. The third kappa shape index (κ3) is 4.02. The summed E-state index contributed by atoms with van der Waals surface area (Å²) in [5.74, 6) is 0. The number of benzene rings is 3. The Morgan fingerprint density at radius 3 is 2.39 bits per heavy atom. The Kier molecular flexibility index (Phi) is 6.66. The molecular weight excluding hydrogens is 536 g/mol. The Hall–Kier alpha value is -2.60. The number of morpholine rings is 1. The predicted octanol–water partition coefficient (Wildman–Crippen LogP) is 8.13. The van der Waals surface area contributed by atoms with E-state index in [1.165, 1.54) is 16.9 Å². The van der Waals surface area contributed by atoms with E-state index < -0.39 is 7.36 Å². The number of hydrogen-bond donors (Lipinski definition) is 0. The average molecular weight is 566 g/mol. The molecule has 0 spiro atoms. The minimum Gasteiger partial charge on any atom is -0.379 e. The molecule has 3 heterocycles. The van der Waals surface area contributed by atoms with Gasteiger partial charge < -0.3 is 9.64 Å². The van der Waals surface area contributed by atoms with Gasteiger partial charge in [0.15, 0.2) is 7.36 Å². The number of hydrogen-bond acceptors (Lipinski definition) is 4. The fourth-order valence-corrected chi connectivity index (χ4v) is 9.99. The summed E-state index contributed by atoms with van der Waals surface area (Å²) >= 11 is 13.2. The number of ether oxygens (including phenoxy) is 1. The molecule has 3 aromatic rings. The zero-order valence-electron chi connectivity index (χ0n) is 21.7. The Balaban J connectivity index is 1.71. The highest BCUT2D eigenvalue weighted by Crippen LogP contribution is 2.71. The fraction of sp³-hybridized carbons (Fsp3) is 0.276. The molecule has 0 amide bonds. The first-order chi connectivity index (χ1) is 18.3. The van der Waals surface area contributed by atoms with Gasteiger partial charge in [-0.2, -0.15) is 5.10 Å². The van der Waals surface area contributed by atoms with Gasteiger partial charge in [0.25, 0.3) is 0 Å². The molecule has 0 bridgehead atoms. The minimum atomic E-state index is -2.74. The molecule has 0 radical (unpaired) electrons. The number of anilines is 2. The van der Waals surface area contributed by atoms with E-state index in [1.54, 1.807) is 6.07 Å². The van der Waals surface area contributed by atoms with Crippen molar-refractivity contribution >= 4 is 53.8 Å². The van der Waals surface area contributed by atoms with Gasteiger partial charge in [-0.3, -0.25) is 0 Å². The second kappa shape index (κ2) is 9.86. The lowest BCUT2D eigenvalue weighted by atomic mass is 9.84. The normalized spacial score (nSPS) is 24.7. The number of nitrogens with zero attached hydrogens (tertiary/aromatic N) is 5. The molecule has 196 valence electrons. The van der Waals surface area contributed by atoms with Crippen molar-refractivity contribution in [3.63, 3.8) is 0 Å². The van der Waals surface area contributed by atoms with Crippen LogP contribution in [0.1, 0.15) is 19.4 Å². The Bertz CT molecular complexity index is 1500. The molecule has 6 rings (SSSR count). The van der Waals surface area contributed by atoms with Crippen molar-refractivity contribution in [3.05, 3.63) is 99.4 Å². The van der Waals surface area contributed by atoms with E-state index >= 15 is 0 Å². The van der Waals surface area contributed by atoms with Gasteiger partial charge in [-0.15, -0.1) is 0 Å². The van der Waals surface area contributed by atoms with Crippen LogP contribution >= 0.6 is 30.6 Å². The molecule has 0 aliphatic carbocycles. The molecule has 1 atom stereocenters. The van der Waals surface area contributed by atoms with Crippen LogP contribution in [0.4, 0.5) is 17.1 Å². The third-order valence-electron chi connectivity index (χ3n) is 7.51. The largest absolute Gasteiger partial charge is 0.379 e. The van der Waals surface area contributed by atoms with E-state index in [9.17, 15) is 0 Å².